The van der Waals surface area contributed by atoms with Gasteiger partial charge >= 0.3 is 0 Å². The highest BCUT2D eigenvalue weighted by atomic mass is 32.2. The summed E-state index contributed by atoms with van der Waals surface area (Å²) in [5, 5.41) is 3.57. The van der Waals surface area contributed by atoms with Crippen LogP contribution in [-0.2, 0) is 5.41 Å². The number of pyridine rings is 1. The zero-order chi connectivity index (χ0) is 22.3. The third-order valence-electron chi connectivity index (χ3n) is 7.28. The number of nitrogens with zero attached hydrogens (tertiary/aromatic N) is 3. The van der Waals surface area contributed by atoms with Crippen LogP contribution in [0.15, 0.2) is 42.6 Å². The first-order chi connectivity index (χ1) is 15.4. The predicted octanol–water partition coefficient (Wildman–Crippen LogP) is 4.36. The van der Waals surface area contributed by atoms with Gasteiger partial charge in [0.2, 0.25) is 0 Å². The summed E-state index contributed by atoms with van der Waals surface area (Å²) in [5.41, 5.74) is 3.28. The molecule has 2 aromatic rings. The summed E-state index contributed by atoms with van der Waals surface area (Å²) in [6.07, 6.45) is 1.96. The van der Waals surface area contributed by atoms with Gasteiger partial charge in [-0.2, -0.15) is 11.8 Å². The van der Waals surface area contributed by atoms with Gasteiger partial charge in [0.1, 0.15) is 5.82 Å². The predicted molar refractivity (Wildman–Crippen MR) is 134 cm³/mol. The van der Waals surface area contributed by atoms with E-state index in [9.17, 15) is 4.79 Å². The summed E-state index contributed by atoms with van der Waals surface area (Å²) in [7, 11) is 0. The Kier molecular flexibility index (Phi) is 5.82. The summed E-state index contributed by atoms with van der Waals surface area (Å²) in [6.45, 7) is 11.5. The van der Waals surface area contributed by atoms with Crippen LogP contribution >= 0.6 is 11.8 Å². The standard InChI is InChI=1S/C26H34N4OS/c1-26(2,3)19-6-4-18(5-7-19)25(31)30-16-22-21(23(22)17-30)15-27-20-8-9-24(28-14-20)29-10-12-32-13-11-29/h4-9,14,21-23,27H,10-13,15-17H2,1-3H3. The Morgan fingerprint density at radius 3 is 2.34 bits per heavy atom. The molecule has 1 amide bonds. The van der Waals surface area contributed by atoms with Crippen molar-refractivity contribution in [3.8, 4) is 0 Å². The number of amides is 1. The highest BCUT2D eigenvalue weighted by molar-refractivity contribution is 7.99. The number of fused-ring (bicyclic) bond motifs is 1. The third kappa shape index (κ3) is 4.47. The molecule has 1 aliphatic carbocycles. The molecule has 1 saturated carbocycles. The number of carbonyl (C=O) groups is 1. The Morgan fingerprint density at radius 1 is 1.06 bits per heavy atom. The fraction of sp³-hybridized carbons (Fsp3) is 0.538. The van der Waals surface area contributed by atoms with E-state index in [0.717, 1.165) is 49.8 Å². The highest BCUT2D eigenvalue weighted by Crippen LogP contribution is 2.51. The van der Waals surface area contributed by atoms with Crippen molar-refractivity contribution >= 4 is 29.2 Å². The molecule has 170 valence electrons. The number of nitrogens with one attached hydrogen (secondary N) is 1. The van der Waals surface area contributed by atoms with E-state index in [1.807, 2.05) is 35.0 Å². The first kappa shape index (κ1) is 21.6. The lowest BCUT2D eigenvalue weighted by molar-refractivity contribution is 0.0768. The number of benzene rings is 1. The minimum atomic E-state index is 0.111. The number of piperidine rings is 1. The van der Waals surface area contributed by atoms with Crippen LogP contribution in [0.25, 0.3) is 0 Å². The second kappa shape index (κ2) is 8.62. The summed E-state index contributed by atoms with van der Waals surface area (Å²) in [4.78, 5) is 22.0. The fourth-order valence-electron chi connectivity index (χ4n) is 5.12. The normalized spacial score (nSPS) is 24.9. The molecular weight excluding hydrogens is 416 g/mol. The van der Waals surface area contributed by atoms with E-state index >= 15 is 0 Å². The average molecular weight is 451 g/mol. The van der Waals surface area contributed by atoms with Gasteiger partial charge in [0.15, 0.2) is 0 Å². The van der Waals surface area contributed by atoms with Gasteiger partial charge in [0.05, 0.1) is 11.9 Å². The van der Waals surface area contributed by atoms with Gasteiger partial charge in [-0.25, -0.2) is 4.98 Å². The van der Waals surface area contributed by atoms with E-state index in [-0.39, 0.29) is 11.3 Å². The Morgan fingerprint density at radius 2 is 1.75 bits per heavy atom. The molecule has 2 saturated heterocycles. The first-order valence-corrected chi connectivity index (χ1v) is 13.0. The van der Waals surface area contributed by atoms with Crippen LogP contribution in [-0.4, -0.2) is 60.0 Å². The fourth-order valence-corrected chi connectivity index (χ4v) is 6.02. The van der Waals surface area contributed by atoms with E-state index in [0.29, 0.717) is 17.8 Å². The zero-order valence-corrected chi connectivity index (χ0v) is 20.2. The van der Waals surface area contributed by atoms with E-state index in [2.05, 4.69) is 60.2 Å². The second-order valence-corrected chi connectivity index (χ2v) is 11.6. The van der Waals surface area contributed by atoms with Crippen LogP contribution in [0.1, 0.15) is 36.7 Å². The van der Waals surface area contributed by atoms with E-state index in [1.165, 1.54) is 17.1 Å². The summed E-state index contributed by atoms with van der Waals surface area (Å²) >= 11 is 2.02. The van der Waals surface area contributed by atoms with Gasteiger partial charge in [-0.3, -0.25) is 4.79 Å². The summed E-state index contributed by atoms with van der Waals surface area (Å²) in [5.74, 6) is 5.59. The van der Waals surface area contributed by atoms with Crippen LogP contribution in [0.3, 0.4) is 0 Å². The van der Waals surface area contributed by atoms with E-state index < -0.39 is 0 Å². The number of rotatable bonds is 5. The SMILES string of the molecule is CC(C)(C)c1ccc(C(=O)N2CC3C(CNc4ccc(N5CCSCC5)nc4)C3C2)cc1. The molecule has 0 spiro atoms. The molecule has 32 heavy (non-hydrogen) atoms. The van der Waals surface area contributed by atoms with Crippen molar-refractivity contribution < 1.29 is 4.79 Å². The van der Waals surface area contributed by atoms with Crippen LogP contribution in [0, 0.1) is 17.8 Å². The third-order valence-corrected chi connectivity index (χ3v) is 8.22. The maximum atomic E-state index is 12.9. The molecule has 3 fully saturated rings. The Labute approximate surface area is 196 Å². The van der Waals surface area contributed by atoms with Crippen molar-refractivity contribution in [2.24, 2.45) is 17.8 Å². The molecule has 0 radical (unpaired) electrons. The summed E-state index contributed by atoms with van der Waals surface area (Å²) < 4.78 is 0. The van der Waals surface area contributed by atoms with Gasteiger partial charge in [0.25, 0.3) is 5.91 Å². The van der Waals surface area contributed by atoms with E-state index in [4.69, 9.17) is 0 Å². The topological polar surface area (TPSA) is 48.5 Å². The molecule has 0 bridgehead atoms. The molecule has 6 heteroatoms. The zero-order valence-electron chi connectivity index (χ0n) is 19.4. The van der Waals surface area contributed by atoms with Crippen molar-refractivity contribution in [3.05, 3.63) is 53.7 Å². The van der Waals surface area contributed by atoms with Crippen LogP contribution in [0.2, 0.25) is 0 Å². The molecule has 5 rings (SSSR count). The molecular formula is C26H34N4OS. The first-order valence-electron chi connectivity index (χ1n) is 11.8. The second-order valence-electron chi connectivity index (χ2n) is 10.4. The monoisotopic (exact) mass is 450 g/mol. The van der Waals surface area contributed by atoms with Gasteiger partial charge in [-0.15, -0.1) is 0 Å². The number of hydrogen-bond donors (Lipinski definition) is 1. The van der Waals surface area contributed by atoms with Gasteiger partial charge in [-0.05, 0) is 53.0 Å². The van der Waals surface area contributed by atoms with Crippen molar-refractivity contribution in [1.29, 1.82) is 0 Å². The maximum Gasteiger partial charge on any atom is 0.253 e. The smallest absolute Gasteiger partial charge is 0.253 e. The van der Waals surface area contributed by atoms with Crippen LogP contribution in [0.5, 0.6) is 0 Å². The molecule has 3 aliphatic rings. The van der Waals surface area contributed by atoms with Crippen LogP contribution in [0.4, 0.5) is 11.5 Å². The number of anilines is 2. The Hall–Kier alpha value is -2.21. The number of hydrogen-bond acceptors (Lipinski definition) is 5. The van der Waals surface area contributed by atoms with Gasteiger partial charge in [0, 0.05) is 49.8 Å². The lowest BCUT2D eigenvalue weighted by Crippen LogP contribution is -2.33. The van der Waals surface area contributed by atoms with Crippen molar-refractivity contribution in [3.63, 3.8) is 0 Å². The Balaban J connectivity index is 1.09. The van der Waals surface area contributed by atoms with Crippen molar-refractivity contribution in [2.45, 2.75) is 26.2 Å². The lowest BCUT2D eigenvalue weighted by Gasteiger charge is -2.27. The Bertz CT molecular complexity index is 935. The number of thioether (sulfide) groups is 1. The maximum absolute atomic E-state index is 12.9. The molecule has 2 unspecified atom stereocenters. The molecule has 1 N–H and O–H groups in total. The van der Waals surface area contributed by atoms with Crippen molar-refractivity contribution in [1.82, 2.24) is 9.88 Å². The largest absolute Gasteiger partial charge is 0.383 e. The molecule has 2 aliphatic heterocycles. The quantitative estimate of drug-likeness (QED) is 0.733. The lowest BCUT2D eigenvalue weighted by atomic mass is 9.86. The molecule has 1 aromatic carbocycles. The minimum absolute atomic E-state index is 0.111. The molecule has 5 nitrogen and oxygen atoms in total. The van der Waals surface area contributed by atoms with Gasteiger partial charge < -0.3 is 15.1 Å². The molecule has 3 heterocycles. The van der Waals surface area contributed by atoms with Gasteiger partial charge in [-0.1, -0.05) is 32.9 Å². The minimum Gasteiger partial charge on any atom is -0.383 e. The van der Waals surface area contributed by atoms with E-state index in [1.54, 1.807) is 0 Å². The average Bonchev–Trinajstić information content (AvgIpc) is 3.26. The molecule has 2 atom stereocenters. The summed E-state index contributed by atoms with van der Waals surface area (Å²) in [6, 6.07) is 12.5. The number of likely N-dealkylation sites (tertiary alicyclic amines) is 1. The van der Waals surface area contributed by atoms with Crippen LogP contribution < -0.4 is 10.2 Å². The highest BCUT2D eigenvalue weighted by Gasteiger charge is 2.56. The molecule has 1 aromatic heterocycles. The van der Waals surface area contributed by atoms with Crippen molar-refractivity contribution in [2.75, 3.05) is 54.4 Å². The number of carbonyl (C=O) groups excluding carboxylic acids is 1. The number of aromatic nitrogens is 1.